The van der Waals surface area contributed by atoms with Crippen LogP contribution in [0.3, 0.4) is 0 Å². The van der Waals surface area contributed by atoms with Gasteiger partial charge in [-0.3, -0.25) is 14.6 Å². The number of hydrogen-bond donors (Lipinski definition) is 2. The number of carbonyl (C=O) groups is 2. The molecule has 8 nitrogen and oxygen atoms in total. The van der Waals surface area contributed by atoms with E-state index in [9.17, 15) is 18.0 Å². The van der Waals surface area contributed by atoms with Crippen molar-refractivity contribution in [2.75, 3.05) is 6.26 Å². The number of benzene rings is 2. The lowest BCUT2D eigenvalue weighted by atomic mass is 9.76. The van der Waals surface area contributed by atoms with E-state index in [0.29, 0.717) is 29.0 Å². The van der Waals surface area contributed by atoms with E-state index in [0.717, 1.165) is 30.4 Å². The summed E-state index contributed by atoms with van der Waals surface area (Å²) in [5.41, 5.74) is 2.56. The van der Waals surface area contributed by atoms with E-state index >= 15 is 0 Å². The summed E-state index contributed by atoms with van der Waals surface area (Å²) in [6.07, 6.45) is 5.73. The molecule has 2 amide bonds. The highest BCUT2D eigenvalue weighted by Gasteiger charge is 2.48. The molecule has 0 saturated heterocycles. The number of nitrogens with zero attached hydrogens (tertiary/aromatic N) is 2. The molecule has 1 aliphatic heterocycles. The fourth-order valence-electron chi connectivity index (χ4n) is 5.86. The number of fused-ring (bicyclic) bond motifs is 1. The van der Waals surface area contributed by atoms with Crippen LogP contribution in [-0.2, 0) is 21.4 Å². The van der Waals surface area contributed by atoms with Crippen LogP contribution in [-0.4, -0.2) is 48.5 Å². The van der Waals surface area contributed by atoms with E-state index in [2.05, 4.69) is 15.0 Å². The van der Waals surface area contributed by atoms with Crippen molar-refractivity contribution in [2.24, 2.45) is 0 Å². The molecule has 2 N–H and O–H groups in total. The summed E-state index contributed by atoms with van der Waals surface area (Å²) in [5, 5.41) is 3.57. The fourth-order valence-corrected chi connectivity index (χ4v) is 6.81. The lowest BCUT2D eigenvalue weighted by molar-refractivity contribution is -0.124. The van der Waals surface area contributed by atoms with Gasteiger partial charge in [0.25, 0.3) is 5.91 Å². The van der Waals surface area contributed by atoms with Gasteiger partial charge in [0.2, 0.25) is 15.9 Å². The molecule has 0 radical (unpaired) electrons. The van der Waals surface area contributed by atoms with Crippen LogP contribution in [0.25, 0.3) is 0 Å². The van der Waals surface area contributed by atoms with Crippen LogP contribution >= 0.6 is 11.6 Å². The van der Waals surface area contributed by atoms with Crippen LogP contribution in [0.5, 0.6) is 0 Å². The van der Waals surface area contributed by atoms with Crippen molar-refractivity contribution in [3.63, 3.8) is 0 Å². The Kier molecular flexibility index (Phi) is 8.02. The highest BCUT2D eigenvalue weighted by atomic mass is 35.5. The largest absolute Gasteiger partial charge is 0.350 e. The summed E-state index contributed by atoms with van der Waals surface area (Å²) in [5.74, 6) is -1.19. The van der Waals surface area contributed by atoms with Gasteiger partial charge < -0.3 is 10.2 Å². The van der Waals surface area contributed by atoms with Crippen molar-refractivity contribution in [1.82, 2.24) is 19.9 Å². The predicted octanol–water partition coefficient (Wildman–Crippen LogP) is 4.19. The van der Waals surface area contributed by atoms with E-state index < -0.39 is 34.1 Å². The number of sulfonamides is 1. The molecule has 10 heteroatoms. The maximum Gasteiger partial charge on any atom is 0.255 e. The van der Waals surface area contributed by atoms with Gasteiger partial charge in [0.15, 0.2) is 0 Å². The summed E-state index contributed by atoms with van der Waals surface area (Å²) in [4.78, 5) is 34.3. The highest BCUT2D eigenvalue weighted by Crippen LogP contribution is 2.46. The van der Waals surface area contributed by atoms with Gasteiger partial charge in [-0.25, -0.2) is 13.1 Å². The van der Waals surface area contributed by atoms with Gasteiger partial charge in [-0.1, -0.05) is 60.8 Å². The molecule has 1 aliphatic carbocycles. The Hall–Kier alpha value is -3.27. The average molecular weight is 567 g/mol. The Balaban J connectivity index is 1.62. The molecule has 2 aliphatic rings. The Labute approximate surface area is 233 Å². The molecule has 39 heavy (non-hydrogen) atoms. The maximum atomic E-state index is 14.2. The Bertz CT molecular complexity index is 1450. The number of halogens is 1. The smallest absolute Gasteiger partial charge is 0.255 e. The van der Waals surface area contributed by atoms with Crippen molar-refractivity contribution in [2.45, 2.75) is 56.3 Å². The molecule has 1 saturated carbocycles. The monoisotopic (exact) mass is 566 g/mol. The lowest BCUT2D eigenvalue weighted by Crippen LogP contribution is -2.59. The summed E-state index contributed by atoms with van der Waals surface area (Å²) in [6, 6.07) is 18.3. The minimum absolute atomic E-state index is 0.216. The first-order chi connectivity index (χ1) is 18.7. The van der Waals surface area contributed by atoms with Crippen LogP contribution < -0.4 is 10.0 Å². The Morgan fingerprint density at radius 2 is 1.74 bits per heavy atom. The lowest BCUT2D eigenvalue weighted by Gasteiger charge is -2.49. The van der Waals surface area contributed by atoms with Crippen molar-refractivity contribution in [3.05, 3.63) is 100 Å². The number of hydrogen-bond acceptors (Lipinski definition) is 5. The highest BCUT2D eigenvalue weighted by molar-refractivity contribution is 7.88. The number of amides is 2. The van der Waals surface area contributed by atoms with Gasteiger partial charge >= 0.3 is 0 Å². The van der Waals surface area contributed by atoms with Crippen LogP contribution in [0.1, 0.15) is 64.8 Å². The second-order valence-electron chi connectivity index (χ2n) is 10.2. The number of pyridine rings is 1. The third-order valence-electron chi connectivity index (χ3n) is 7.49. The van der Waals surface area contributed by atoms with Crippen LogP contribution in [0.2, 0.25) is 5.02 Å². The topological polar surface area (TPSA) is 108 Å². The molecule has 0 unspecified atom stereocenters. The first-order valence-electron chi connectivity index (χ1n) is 13.0. The standard InChI is InChI=1S/C29H31ClN4O4S/c1-39(37,38)33-24-11-4-5-12-25(24)34-27(19-13-15-20(30)16-14-19)26(22-9-2-3-10-23(22)29(34)36)28(35)32-18-21-8-6-7-17-31-21/h2-3,6-10,13-17,24-27,33H,4-5,11-12,18H2,1H3,(H,32,35)/t24-,25-,26+,27-/m0/s1. The number of carbonyl (C=O) groups excluding carboxylic acids is 2. The maximum absolute atomic E-state index is 14.2. The zero-order valence-corrected chi connectivity index (χ0v) is 23.2. The van der Waals surface area contributed by atoms with Gasteiger partial charge in [-0.05, 0) is 54.3 Å². The Morgan fingerprint density at radius 1 is 1.03 bits per heavy atom. The van der Waals surface area contributed by atoms with Crippen LogP contribution in [0.15, 0.2) is 72.9 Å². The van der Waals surface area contributed by atoms with Gasteiger partial charge in [0, 0.05) is 28.9 Å². The SMILES string of the molecule is CS(=O)(=O)N[C@H]1CCCC[C@@H]1N1C(=O)c2ccccc2[C@@H](C(=O)NCc2ccccn2)[C@@H]1c1ccc(Cl)cc1. The number of aromatic nitrogens is 1. The molecule has 204 valence electrons. The van der Waals surface area contributed by atoms with E-state index in [1.807, 2.05) is 42.5 Å². The van der Waals surface area contributed by atoms with Crippen molar-refractivity contribution in [3.8, 4) is 0 Å². The summed E-state index contributed by atoms with van der Waals surface area (Å²) >= 11 is 6.21. The normalized spacial score (nSPS) is 23.2. The van der Waals surface area contributed by atoms with Gasteiger partial charge in [-0.15, -0.1) is 0 Å². The second kappa shape index (κ2) is 11.5. The summed E-state index contributed by atoms with van der Waals surface area (Å²) in [6.45, 7) is 0.237. The molecular formula is C29H31ClN4O4S. The summed E-state index contributed by atoms with van der Waals surface area (Å²) in [7, 11) is -3.52. The molecule has 1 aromatic heterocycles. The quantitative estimate of drug-likeness (QED) is 0.446. The molecule has 4 atom stereocenters. The Morgan fingerprint density at radius 3 is 2.46 bits per heavy atom. The van der Waals surface area contributed by atoms with Gasteiger partial charge in [-0.2, -0.15) is 0 Å². The zero-order valence-electron chi connectivity index (χ0n) is 21.6. The molecule has 3 aromatic rings. The minimum atomic E-state index is -3.52. The molecule has 2 heterocycles. The first kappa shape index (κ1) is 27.3. The summed E-state index contributed by atoms with van der Waals surface area (Å²) < 4.78 is 27.4. The van der Waals surface area contributed by atoms with E-state index in [1.54, 1.807) is 35.4 Å². The third kappa shape index (κ3) is 6.00. The van der Waals surface area contributed by atoms with Crippen LogP contribution in [0, 0.1) is 0 Å². The molecule has 0 spiro atoms. The molecule has 2 aromatic carbocycles. The molecule has 1 fully saturated rings. The van der Waals surface area contributed by atoms with Gasteiger partial charge in [0.05, 0.1) is 30.5 Å². The molecule has 0 bridgehead atoms. The minimum Gasteiger partial charge on any atom is -0.350 e. The first-order valence-corrected chi connectivity index (χ1v) is 15.3. The van der Waals surface area contributed by atoms with Crippen LogP contribution in [0.4, 0.5) is 0 Å². The predicted molar refractivity (Wildman–Crippen MR) is 150 cm³/mol. The van der Waals surface area contributed by atoms with E-state index in [-0.39, 0.29) is 18.4 Å². The third-order valence-corrected chi connectivity index (χ3v) is 8.48. The molecule has 5 rings (SSSR count). The molecular weight excluding hydrogens is 536 g/mol. The van der Waals surface area contributed by atoms with Gasteiger partial charge in [0.1, 0.15) is 0 Å². The zero-order chi connectivity index (χ0) is 27.6. The average Bonchev–Trinajstić information content (AvgIpc) is 2.92. The number of nitrogens with one attached hydrogen (secondary N) is 2. The van der Waals surface area contributed by atoms with E-state index in [1.165, 1.54) is 0 Å². The van der Waals surface area contributed by atoms with Crippen molar-refractivity contribution >= 4 is 33.4 Å². The second-order valence-corrected chi connectivity index (χ2v) is 12.4. The van der Waals surface area contributed by atoms with Crippen molar-refractivity contribution < 1.29 is 18.0 Å². The van der Waals surface area contributed by atoms with E-state index in [4.69, 9.17) is 11.6 Å². The van der Waals surface area contributed by atoms with Crippen molar-refractivity contribution in [1.29, 1.82) is 0 Å². The fraction of sp³-hybridized carbons (Fsp3) is 0.345. The number of rotatable bonds is 7.